The van der Waals surface area contributed by atoms with Crippen molar-refractivity contribution in [3.8, 4) is 0 Å². The number of anilines is 1. The molecule has 152 valence electrons. The lowest BCUT2D eigenvalue weighted by molar-refractivity contribution is -0.131. The first kappa shape index (κ1) is 19.1. The molecule has 0 aromatic carbocycles. The van der Waals surface area contributed by atoms with E-state index >= 15 is 0 Å². The second-order valence-corrected chi connectivity index (χ2v) is 8.20. The molecule has 2 amide bonds. The van der Waals surface area contributed by atoms with Crippen LogP contribution < -0.4 is 15.5 Å². The smallest absolute Gasteiger partial charge is 0.225 e. The van der Waals surface area contributed by atoms with E-state index in [0.717, 1.165) is 25.9 Å². The lowest BCUT2D eigenvalue weighted by Crippen LogP contribution is -2.49. The Hall–Kier alpha value is -2.22. The van der Waals surface area contributed by atoms with Crippen LogP contribution in [0.5, 0.6) is 0 Å². The standard InChI is InChI=1S/C20H30N6O2/c27-18(14-15-12-16-2-3-17(13-15)24-16)21-7-4-19(28)25-8-10-26(11-9-25)20-22-5-1-6-23-20/h1,5-6,15-17,24H,2-4,7-14H2,(H,21,27). The molecule has 3 aliphatic rings. The Morgan fingerprint density at radius 3 is 2.43 bits per heavy atom. The molecule has 1 aromatic heterocycles. The summed E-state index contributed by atoms with van der Waals surface area (Å²) < 4.78 is 0. The molecule has 2 N–H and O–H groups in total. The Morgan fingerprint density at radius 1 is 1.07 bits per heavy atom. The molecule has 28 heavy (non-hydrogen) atoms. The molecule has 2 unspecified atom stereocenters. The van der Waals surface area contributed by atoms with Crippen molar-refractivity contribution in [2.45, 2.75) is 50.6 Å². The van der Waals surface area contributed by atoms with Crippen LogP contribution in [0, 0.1) is 5.92 Å². The number of hydrogen-bond donors (Lipinski definition) is 2. The predicted octanol–water partition coefficient (Wildman–Crippen LogP) is 0.552. The molecule has 0 radical (unpaired) electrons. The number of amides is 2. The quantitative estimate of drug-likeness (QED) is 0.742. The van der Waals surface area contributed by atoms with Crippen molar-refractivity contribution in [1.29, 1.82) is 0 Å². The van der Waals surface area contributed by atoms with Gasteiger partial charge in [-0.1, -0.05) is 0 Å². The van der Waals surface area contributed by atoms with Crippen molar-refractivity contribution in [2.75, 3.05) is 37.6 Å². The molecular formula is C20H30N6O2. The van der Waals surface area contributed by atoms with Crippen molar-refractivity contribution < 1.29 is 9.59 Å². The number of nitrogens with one attached hydrogen (secondary N) is 2. The van der Waals surface area contributed by atoms with Crippen LogP contribution in [0.4, 0.5) is 5.95 Å². The van der Waals surface area contributed by atoms with E-state index in [1.54, 1.807) is 18.5 Å². The van der Waals surface area contributed by atoms with Crippen LogP contribution in [0.25, 0.3) is 0 Å². The third-order valence-electron chi connectivity index (χ3n) is 6.17. The summed E-state index contributed by atoms with van der Waals surface area (Å²) >= 11 is 0. The van der Waals surface area contributed by atoms with Crippen LogP contribution in [0.2, 0.25) is 0 Å². The lowest BCUT2D eigenvalue weighted by atomic mass is 9.89. The van der Waals surface area contributed by atoms with E-state index in [1.165, 1.54) is 12.8 Å². The van der Waals surface area contributed by atoms with Crippen LogP contribution in [0.15, 0.2) is 18.5 Å². The zero-order valence-electron chi connectivity index (χ0n) is 16.3. The van der Waals surface area contributed by atoms with Crippen LogP contribution in [-0.4, -0.2) is 71.5 Å². The zero-order chi connectivity index (χ0) is 19.3. The van der Waals surface area contributed by atoms with Gasteiger partial charge in [0.2, 0.25) is 17.8 Å². The van der Waals surface area contributed by atoms with E-state index in [4.69, 9.17) is 0 Å². The van der Waals surface area contributed by atoms with E-state index < -0.39 is 0 Å². The topological polar surface area (TPSA) is 90.5 Å². The molecule has 8 heteroatoms. The van der Waals surface area contributed by atoms with Gasteiger partial charge in [0.1, 0.15) is 0 Å². The molecule has 2 atom stereocenters. The Morgan fingerprint density at radius 2 is 1.75 bits per heavy atom. The SMILES string of the molecule is O=C(CC1CC2CCC(C1)N2)NCCC(=O)N1CCN(c2ncccn2)CC1. The summed E-state index contributed by atoms with van der Waals surface area (Å²) in [6.07, 6.45) is 9.15. The molecular weight excluding hydrogens is 356 g/mol. The maximum atomic E-state index is 12.4. The fraction of sp³-hybridized carbons (Fsp3) is 0.700. The van der Waals surface area contributed by atoms with Gasteiger partial charge >= 0.3 is 0 Å². The highest BCUT2D eigenvalue weighted by Crippen LogP contribution is 2.32. The number of piperazine rings is 1. The minimum atomic E-state index is 0.0881. The molecule has 4 rings (SSSR count). The molecule has 0 spiro atoms. The summed E-state index contributed by atoms with van der Waals surface area (Å²) in [6, 6.07) is 3.02. The normalized spacial score (nSPS) is 26.9. The van der Waals surface area contributed by atoms with E-state index in [1.807, 2.05) is 4.90 Å². The number of aromatic nitrogens is 2. The Labute approximate surface area is 166 Å². The van der Waals surface area contributed by atoms with Gasteiger partial charge in [-0.05, 0) is 37.7 Å². The highest BCUT2D eigenvalue weighted by atomic mass is 16.2. The Balaban J connectivity index is 1.13. The minimum absolute atomic E-state index is 0.0881. The molecule has 0 aliphatic carbocycles. The molecule has 8 nitrogen and oxygen atoms in total. The maximum Gasteiger partial charge on any atom is 0.225 e. The number of nitrogens with zero attached hydrogens (tertiary/aromatic N) is 4. The fourth-order valence-electron chi connectivity index (χ4n) is 4.75. The second kappa shape index (κ2) is 8.86. The lowest BCUT2D eigenvalue weighted by Gasteiger charge is -2.34. The number of fused-ring (bicyclic) bond motifs is 2. The number of piperidine rings is 1. The van der Waals surface area contributed by atoms with Crippen LogP contribution in [0.3, 0.4) is 0 Å². The highest BCUT2D eigenvalue weighted by molar-refractivity contribution is 5.79. The highest BCUT2D eigenvalue weighted by Gasteiger charge is 2.34. The van der Waals surface area contributed by atoms with Gasteiger partial charge in [0.25, 0.3) is 0 Å². The van der Waals surface area contributed by atoms with Crippen LogP contribution in [0.1, 0.15) is 38.5 Å². The van der Waals surface area contributed by atoms with Crippen molar-refractivity contribution >= 4 is 17.8 Å². The van der Waals surface area contributed by atoms with Crippen LogP contribution >= 0.6 is 0 Å². The van der Waals surface area contributed by atoms with E-state index in [2.05, 4.69) is 25.5 Å². The maximum absolute atomic E-state index is 12.4. The van der Waals surface area contributed by atoms with Gasteiger partial charge in [0, 0.05) is 70.0 Å². The van der Waals surface area contributed by atoms with E-state index in [0.29, 0.717) is 56.4 Å². The molecule has 1 aromatic rings. The summed E-state index contributed by atoms with van der Waals surface area (Å²) in [5.41, 5.74) is 0. The number of carbonyl (C=O) groups is 2. The van der Waals surface area contributed by atoms with E-state index in [9.17, 15) is 9.59 Å². The third kappa shape index (κ3) is 4.79. The predicted molar refractivity (Wildman–Crippen MR) is 106 cm³/mol. The van der Waals surface area contributed by atoms with Gasteiger partial charge in [0.15, 0.2) is 0 Å². The molecule has 0 saturated carbocycles. The van der Waals surface area contributed by atoms with Crippen molar-refractivity contribution in [3.63, 3.8) is 0 Å². The molecule has 3 aliphatic heterocycles. The summed E-state index contributed by atoms with van der Waals surface area (Å²) in [6.45, 7) is 3.24. The fourth-order valence-corrected chi connectivity index (χ4v) is 4.75. The third-order valence-corrected chi connectivity index (χ3v) is 6.17. The van der Waals surface area contributed by atoms with Gasteiger partial charge in [0.05, 0.1) is 0 Å². The minimum Gasteiger partial charge on any atom is -0.356 e. The summed E-state index contributed by atoms with van der Waals surface area (Å²) in [5.74, 6) is 1.40. The zero-order valence-corrected chi connectivity index (χ0v) is 16.3. The summed E-state index contributed by atoms with van der Waals surface area (Å²) in [4.78, 5) is 37.1. The van der Waals surface area contributed by atoms with Crippen molar-refractivity contribution in [3.05, 3.63) is 18.5 Å². The van der Waals surface area contributed by atoms with E-state index in [-0.39, 0.29) is 11.8 Å². The molecule has 3 fully saturated rings. The summed E-state index contributed by atoms with van der Waals surface area (Å²) in [7, 11) is 0. The average Bonchev–Trinajstić information content (AvgIpc) is 3.07. The van der Waals surface area contributed by atoms with Crippen molar-refractivity contribution in [2.24, 2.45) is 5.92 Å². The Bertz CT molecular complexity index is 665. The molecule has 3 saturated heterocycles. The number of hydrogen-bond acceptors (Lipinski definition) is 6. The second-order valence-electron chi connectivity index (χ2n) is 8.20. The van der Waals surface area contributed by atoms with Crippen molar-refractivity contribution in [1.82, 2.24) is 25.5 Å². The number of carbonyl (C=O) groups excluding carboxylic acids is 2. The van der Waals surface area contributed by atoms with Gasteiger partial charge in [-0.3, -0.25) is 9.59 Å². The van der Waals surface area contributed by atoms with Gasteiger partial charge < -0.3 is 20.4 Å². The largest absolute Gasteiger partial charge is 0.356 e. The Kier molecular flexibility index (Phi) is 6.04. The van der Waals surface area contributed by atoms with Gasteiger partial charge in [-0.15, -0.1) is 0 Å². The first-order valence-electron chi connectivity index (χ1n) is 10.5. The number of rotatable bonds is 6. The first-order chi connectivity index (χ1) is 13.7. The van der Waals surface area contributed by atoms with Gasteiger partial charge in [-0.25, -0.2) is 9.97 Å². The monoisotopic (exact) mass is 386 g/mol. The van der Waals surface area contributed by atoms with Crippen LogP contribution in [-0.2, 0) is 9.59 Å². The molecule has 4 heterocycles. The average molecular weight is 387 g/mol. The first-order valence-corrected chi connectivity index (χ1v) is 10.5. The summed E-state index contributed by atoms with van der Waals surface area (Å²) in [5, 5.41) is 6.56. The van der Waals surface area contributed by atoms with Gasteiger partial charge in [-0.2, -0.15) is 0 Å². The molecule has 2 bridgehead atoms.